The molecule has 0 N–H and O–H groups in total. The molecule has 0 fully saturated rings. The Morgan fingerprint density at radius 3 is 0.794 bits per heavy atom. The molecule has 6 nitrogen and oxygen atoms in total. The van der Waals surface area contributed by atoms with E-state index in [1.54, 1.807) is 0 Å². The minimum absolute atomic E-state index is 0.0667. The summed E-state index contributed by atoms with van der Waals surface area (Å²) in [5.74, 6) is -0.858. The van der Waals surface area contributed by atoms with Gasteiger partial charge in [-0.3, -0.25) is 14.4 Å². The Bertz CT molecular complexity index is 978. The molecule has 0 aromatic heterocycles. The Morgan fingerprint density at radius 2 is 0.524 bits per heavy atom. The average Bonchev–Trinajstić information content (AvgIpc) is 3.28. The van der Waals surface area contributed by atoms with Crippen molar-refractivity contribution >= 4 is 17.9 Å². The number of carbonyl (C=O) groups is 3. The lowest BCUT2D eigenvalue weighted by atomic mass is 10.0. The maximum Gasteiger partial charge on any atom is 0.306 e. The van der Waals surface area contributed by atoms with Gasteiger partial charge in [-0.25, -0.2) is 0 Å². The Balaban J connectivity index is 4.14. The summed E-state index contributed by atoms with van der Waals surface area (Å²) in [6.07, 6.45) is 59.4. The van der Waals surface area contributed by atoms with Gasteiger partial charge in [0.25, 0.3) is 0 Å². The van der Waals surface area contributed by atoms with Gasteiger partial charge in [0.05, 0.1) is 0 Å². The highest BCUT2D eigenvalue weighted by molar-refractivity contribution is 5.71. The number of rotatable bonds is 52. The maximum absolute atomic E-state index is 12.8. The first kappa shape index (κ1) is 61.1. The Kier molecular flexibility index (Phi) is 51.2. The standard InChI is InChI=1S/C57H108O6/c1-4-7-10-13-16-18-20-22-24-26-27-28-29-31-32-34-36-38-41-44-47-50-56(59)62-53-54(52-61-55(58)49-46-43-40-15-12-9-6-3)63-57(60)51-48-45-42-39-37-35-33-30-25-23-21-19-17-14-11-8-5-2/h23,25,54H,4-22,24,26-53H2,1-3H3/b25-23-. The van der Waals surface area contributed by atoms with Gasteiger partial charge in [-0.05, 0) is 44.9 Å². The topological polar surface area (TPSA) is 78.9 Å². The molecule has 0 aromatic rings. The van der Waals surface area contributed by atoms with Crippen molar-refractivity contribution in [3.63, 3.8) is 0 Å². The minimum Gasteiger partial charge on any atom is -0.462 e. The summed E-state index contributed by atoms with van der Waals surface area (Å²) in [5, 5.41) is 0. The first-order valence-corrected chi connectivity index (χ1v) is 28.2. The fourth-order valence-corrected chi connectivity index (χ4v) is 8.50. The van der Waals surface area contributed by atoms with Crippen LogP contribution in [0.1, 0.15) is 316 Å². The largest absolute Gasteiger partial charge is 0.462 e. The summed E-state index contributed by atoms with van der Waals surface area (Å²) in [7, 11) is 0. The van der Waals surface area contributed by atoms with E-state index in [0.717, 1.165) is 57.8 Å². The molecule has 0 saturated heterocycles. The quantitative estimate of drug-likeness (QED) is 0.0262. The second kappa shape index (κ2) is 52.8. The van der Waals surface area contributed by atoms with Gasteiger partial charge in [0.2, 0.25) is 0 Å². The van der Waals surface area contributed by atoms with E-state index < -0.39 is 6.10 Å². The van der Waals surface area contributed by atoms with Crippen LogP contribution in [-0.4, -0.2) is 37.2 Å². The van der Waals surface area contributed by atoms with Crippen molar-refractivity contribution in [2.75, 3.05) is 13.2 Å². The molecule has 1 unspecified atom stereocenters. The lowest BCUT2D eigenvalue weighted by Crippen LogP contribution is -2.30. The predicted molar refractivity (Wildman–Crippen MR) is 270 cm³/mol. The van der Waals surface area contributed by atoms with Crippen molar-refractivity contribution < 1.29 is 28.6 Å². The van der Waals surface area contributed by atoms with Crippen LogP contribution in [0.15, 0.2) is 12.2 Å². The summed E-state index contributed by atoms with van der Waals surface area (Å²) in [6, 6.07) is 0. The van der Waals surface area contributed by atoms with E-state index in [0.29, 0.717) is 19.3 Å². The number of esters is 3. The van der Waals surface area contributed by atoms with Crippen LogP contribution < -0.4 is 0 Å². The number of carbonyl (C=O) groups excluding carboxylic acids is 3. The smallest absolute Gasteiger partial charge is 0.306 e. The molecule has 0 aliphatic rings. The molecule has 0 amide bonds. The van der Waals surface area contributed by atoms with Gasteiger partial charge >= 0.3 is 17.9 Å². The van der Waals surface area contributed by atoms with Crippen molar-refractivity contribution in [3.05, 3.63) is 12.2 Å². The molecule has 0 aliphatic heterocycles. The number of hydrogen-bond acceptors (Lipinski definition) is 6. The molecule has 0 bridgehead atoms. The molecular weight excluding hydrogens is 781 g/mol. The summed E-state index contributed by atoms with van der Waals surface area (Å²) >= 11 is 0. The van der Waals surface area contributed by atoms with E-state index in [1.165, 1.54) is 218 Å². The molecule has 372 valence electrons. The number of allylic oxidation sites excluding steroid dienone is 2. The molecule has 0 aliphatic carbocycles. The molecule has 6 heteroatoms. The molecule has 1 atom stereocenters. The summed E-state index contributed by atoms with van der Waals surface area (Å²) in [6.45, 7) is 6.64. The Morgan fingerprint density at radius 1 is 0.302 bits per heavy atom. The van der Waals surface area contributed by atoms with Crippen LogP contribution in [0.25, 0.3) is 0 Å². The zero-order valence-corrected chi connectivity index (χ0v) is 42.6. The maximum atomic E-state index is 12.8. The Hall–Kier alpha value is -1.85. The molecule has 0 radical (unpaired) electrons. The van der Waals surface area contributed by atoms with Gasteiger partial charge in [-0.1, -0.05) is 264 Å². The summed E-state index contributed by atoms with van der Waals surface area (Å²) in [5.41, 5.74) is 0. The monoisotopic (exact) mass is 889 g/mol. The van der Waals surface area contributed by atoms with E-state index in [2.05, 4.69) is 32.9 Å². The van der Waals surface area contributed by atoms with Crippen molar-refractivity contribution in [1.29, 1.82) is 0 Å². The van der Waals surface area contributed by atoms with Crippen LogP contribution in [0.2, 0.25) is 0 Å². The van der Waals surface area contributed by atoms with Gasteiger partial charge in [0.15, 0.2) is 6.10 Å². The first-order chi connectivity index (χ1) is 31.0. The predicted octanol–water partition coefficient (Wildman–Crippen LogP) is 18.5. The van der Waals surface area contributed by atoms with E-state index in [9.17, 15) is 14.4 Å². The summed E-state index contributed by atoms with van der Waals surface area (Å²) in [4.78, 5) is 37.9. The number of unbranched alkanes of at least 4 members (excludes halogenated alkanes) is 39. The van der Waals surface area contributed by atoms with Crippen molar-refractivity contribution in [1.82, 2.24) is 0 Å². The highest BCUT2D eigenvalue weighted by Gasteiger charge is 2.19. The van der Waals surface area contributed by atoms with E-state index >= 15 is 0 Å². The third kappa shape index (κ3) is 51.0. The zero-order valence-electron chi connectivity index (χ0n) is 42.6. The number of hydrogen-bond donors (Lipinski definition) is 0. The second-order valence-corrected chi connectivity index (χ2v) is 19.2. The van der Waals surface area contributed by atoms with E-state index in [1.807, 2.05) is 0 Å². The third-order valence-electron chi connectivity index (χ3n) is 12.8. The zero-order chi connectivity index (χ0) is 45.8. The lowest BCUT2D eigenvalue weighted by molar-refractivity contribution is -0.167. The molecule has 0 spiro atoms. The normalized spacial score (nSPS) is 12.0. The van der Waals surface area contributed by atoms with Gasteiger partial charge in [-0.15, -0.1) is 0 Å². The fraction of sp³-hybridized carbons (Fsp3) is 0.912. The first-order valence-electron chi connectivity index (χ1n) is 28.2. The molecule has 63 heavy (non-hydrogen) atoms. The third-order valence-corrected chi connectivity index (χ3v) is 12.8. The van der Waals surface area contributed by atoms with Crippen LogP contribution in [-0.2, 0) is 28.6 Å². The van der Waals surface area contributed by atoms with Crippen molar-refractivity contribution in [3.8, 4) is 0 Å². The van der Waals surface area contributed by atoms with Crippen LogP contribution in [0.3, 0.4) is 0 Å². The van der Waals surface area contributed by atoms with E-state index in [-0.39, 0.29) is 31.1 Å². The van der Waals surface area contributed by atoms with Crippen LogP contribution in [0, 0.1) is 0 Å². The molecule has 0 heterocycles. The molecule has 0 aromatic carbocycles. The van der Waals surface area contributed by atoms with Gasteiger partial charge in [-0.2, -0.15) is 0 Å². The summed E-state index contributed by atoms with van der Waals surface area (Å²) < 4.78 is 16.8. The number of ether oxygens (including phenoxy) is 3. The van der Waals surface area contributed by atoms with Gasteiger partial charge < -0.3 is 14.2 Å². The van der Waals surface area contributed by atoms with Crippen LogP contribution >= 0.6 is 0 Å². The SMILES string of the molecule is CCCCCCCC/C=C\CCCCCCCCCC(=O)OC(COC(=O)CCCCCCCCC)COC(=O)CCCCCCCCCCCCCCCCCCCCCCC. The highest BCUT2D eigenvalue weighted by Crippen LogP contribution is 2.17. The molecule has 0 saturated carbocycles. The lowest BCUT2D eigenvalue weighted by Gasteiger charge is -2.18. The molecule has 0 rings (SSSR count). The molecular formula is C57H108O6. The highest BCUT2D eigenvalue weighted by atomic mass is 16.6. The van der Waals surface area contributed by atoms with E-state index in [4.69, 9.17) is 14.2 Å². The van der Waals surface area contributed by atoms with Crippen LogP contribution in [0.5, 0.6) is 0 Å². The van der Waals surface area contributed by atoms with Gasteiger partial charge in [0, 0.05) is 19.3 Å². The van der Waals surface area contributed by atoms with Gasteiger partial charge in [0.1, 0.15) is 13.2 Å². The average molecular weight is 889 g/mol. The van der Waals surface area contributed by atoms with Crippen molar-refractivity contribution in [2.45, 2.75) is 322 Å². The Labute approximate surface area is 392 Å². The fourth-order valence-electron chi connectivity index (χ4n) is 8.50. The second-order valence-electron chi connectivity index (χ2n) is 19.2. The van der Waals surface area contributed by atoms with Crippen molar-refractivity contribution in [2.24, 2.45) is 0 Å². The minimum atomic E-state index is -0.765. The van der Waals surface area contributed by atoms with Crippen LogP contribution in [0.4, 0.5) is 0 Å².